The summed E-state index contributed by atoms with van der Waals surface area (Å²) in [4.78, 5) is 0. The standard InChI is InChI=1S/C11H11F3N4S/c1-6(7-2-4-8(15)5-3-7)16-10-18-17-9(19-10)11(12,13)14/h2-6H,15H2,1H3,(H,16,18). The quantitative estimate of drug-likeness (QED) is 0.850. The summed E-state index contributed by atoms with van der Waals surface area (Å²) < 4.78 is 37.1. The Morgan fingerprint density at radius 2 is 1.84 bits per heavy atom. The van der Waals surface area contributed by atoms with Gasteiger partial charge in [-0.1, -0.05) is 23.5 Å². The first kappa shape index (κ1) is 13.6. The third-order valence-corrected chi connectivity index (χ3v) is 3.34. The number of rotatable bonds is 3. The largest absolute Gasteiger partial charge is 0.445 e. The summed E-state index contributed by atoms with van der Waals surface area (Å²) in [5.41, 5.74) is 7.10. The highest BCUT2D eigenvalue weighted by Gasteiger charge is 2.35. The first-order chi connectivity index (χ1) is 8.86. The number of nitrogens with one attached hydrogen (secondary N) is 1. The van der Waals surface area contributed by atoms with Gasteiger partial charge in [-0.15, -0.1) is 10.2 Å². The highest BCUT2D eigenvalue weighted by atomic mass is 32.1. The first-order valence-corrected chi connectivity index (χ1v) is 6.20. The molecule has 3 N–H and O–H groups in total. The van der Waals surface area contributed by atoms with Crippen LogP contribution in [0.15, 0.2) is 24.3 Å². The molecule has 4 nitrogen and oxygen atoms in total. The lowest BCUT2D eigenvalue weighted by molar-refractivity contribution is -0.138. The van der Waals surface area contributed by atoms with Crippen LogP contribution in [0.3, 0.4) is 0 Å². The van der Waals surface area contributed by atoms with Gasteiger partial charge in [0.2, 0.25) is 10.1 Å². The first-order valence-electron chi connectivity index (χ1n) is 5.39. The van der Waals surface area contributed by atoms with Crippen LogP contribution in [0.5, 0.6) is 0 Å². The zero-order valence-corrected chi connectivity index (χ0v) is 10.7. The van der Waals surface area contributed by atoms with Crippen LogP contribution in [-0.4, -0.2) is 10.2 Å². The van der Waals surface area contributed by atoms with Gasteiger partial charge in [0.15, 0.2) is 0 Å². The number of nitrogens with zero attached hydrogens (tertiary/aromatic N) is 2. The molecule has 1 heterocycles. The van der Waals surface area contributed by atoms with Crippen molar-refractivity contribution in [3.63, 3.8) is 0 Å². The van der Waals surface area contributed by atoms with Crippen molar-refractivity contribution in [2.24, 2.45) is 0 Å². The number of hydrogen-bond donors (Lipinski definition) is 2. The second kappa shape index (κ2) is 5.04. The fourth-order valence-electron chi connectivity index (χ4n) is 1.45. The Morgan fingerprint density at radius 3 is 2.37 bits per heavy atom. The van der Waals surface area contributed by atoms with E-state index in [0.717, 1.165) is 5.56 Å². The molecular weight excluding hydrogens is 277 g/mol. The van der Waals surface area contributed by atoms with Gasteiger partial charge in [0.1, 0.15) is 0 Å². The van der Waals surface area contributed by atoms with Gasteiger partial charge in [0, 0.05) is 5.69 Å². The fraction of sp³-hybridized carbons (Fsp3) is 0.273. The molecule has 0 aliphatic carbocycles. The van der Waals surface area contributed by atoms with Crippen LogP contribution in [0.1, 0.15) is 23.5 Å². The van der Waals surface area contributed by atoms with Gasteiger partial charge in [-0.3, -0.25) is 0 Å². The number of hydrogen-bond acceptors (Lipinski definition) is 5. The van der Waals surface area contributed by atoms with E-state index in [1.165, 1.54) is 0 Å². The molecule has 0 saturated heterocycles. The second-order valence-corrected chi connectivity index (χ2v) is 4.92. The number of benzene rings is 1. The Morgan fingerprint density at radius 1 is 1.21 bits per heavy atom. The van der Waals surface area contributed by atoms with Crippen molar-refractivity contribution in [3.8, 4) is 0 Å². The number of nitrogens with two attached hydrogens (primary N) is 1. The topological polar surface area (TPSA) is 63.8 Å². The molecule has 1 atom stereocenters. The smallest absolute Gasteiger partial charge is 0.399 e. The van der Waals surface area contributed by atoms with Crippen LogP contribution >= 0.6 is 11.3 Å². The number of nitrogen functional groups attached to an aromatic ring is 1. The van der Waals surface area contributed by atoms with Crippen molar-refractivity contribution in [2.75, 3.05) is 11.1 Å². The van der Waals surface area contributed by atoms with Gasteiger partial charge in [0.05, 0.1) is 6.04 Å². The van der Waals surface area contributed by atoms with Gasteiger partial charge < -0.3 is 11.1 Å². The SMILES string of the molecule is CC(Nc1nnc(C(F)(F)F)s1)c1ccc(N)cc1. The van der Waals surface area contributed by atoms with Crippen LogP contribution in [0, 0.1) is 0 Å². The molecule has 0 saturated carbocycles. The summed E-state index contributed by atoms with van der Waals surface area (Å²) in [5, 5.41) is 8.64. The van der Waals surface area contributed by atoms with E-state index in [2.05, 4.69) is 15.5 Å². The average Bonchev–Trinajstić information content (AvgIpc) is 2.78. The molecule has 0 radical (unpaired) electrons. The molecule has 1 aromatic heterocycles. The third kappa shape index (κ3) is 3.34. The minimum absolute atomic E-state index is 0.136. The van der Waals surface area contributed by atoms with E-state index in [-0.39, 0.29) is 11.2 Å². The van der Waals surface area contributed by atoms with Gasteiger partial charge in [-0.2, -0.15) is 13.2 Å². The van der Waals surface area contributed by atoms with E-state index >= 15 is 0 Å². The predicted octanol–water partition coefficient (Wildman–Crippen LogP) is 3.31. The summed E-state index contributed by atoms with van der Waals surface area (Å²) in [6.07, 6.45) is -4.46. The predicted molar refractivity (Wildman–Crippen MR) is 67.8 cm³/mol. The normalized spacial score (nSPS) is 13.3. The summed E-state index contributed by atoms with van der Waals surface area (Å²) >= 11 is 0.483. The Balaban J connectivity index is 2.08. The van der Waals surface area contributed by atoms with Crippen molar-refractivity contribution in [2.45, 2.75) is 19.1 Å². The molecule has 102 valence electrons. The molecule has 0 fully saturated rings. The second-order valence-electron chi connectivity index (χ2n) is 3.94. The molecule has 1 unspecified atom stereocenters. The van der Waals surface area contributed by atoms with Gasteiger partial charge in [-0.05, 0) is 24.6 Å². The molecule has 0 bridgehead atoms. The van der Waals surface area contributed by atoms with E-state index in [9.17, 15) is 13.2 Å². The van der Waals surface area contributed by atoms with Crippen molar-refractivity contribution in [1.82, 2.24) is 10.2 Å². The molecule has 0 amide bonds. The Bertz CT molecular complexity index is 550. The van der Waals surface area contributed by atoms with E-state index in [0.29, 0.717) is 17.0 Å². The minimum atomic E-state index is -4.46. The molecular formula is C11H11F3N4S. The van der Waals surface area contributed by atoms with Gasteiger partial charge in [0.25, 0.3) is 0 Å². The molecule has 0 spiro atoms. The summed E-state index contributed by atoms with van der Waals surface area (Å²) in [6.45, 7) is 1.82. The Hall–Kier alpha value is -1.83. The minimum Gasteiger partial charge on any atom is -0.399 e. The molecule has 0 aliphatic heterocycles. The zero-order chi connectivity index (χ0) is 14.0. The van der Waals surface area contributed by atoms with Crippen molar-refractivity contribution in [1.29, 1.82) is 0 Å². The molecule has 2 aromatic rings. The van der Waals surface area contributed by atoms with Crippen LogP contribution in [0.2, 0.25) is 0 Å². The molecule has 1 aromatic carbocycles. The Kier molecular flexibility index (Phi) is 3.61. The molecule has 19 heavy (non-hydrogen) atoms. The van der Waals surface area contributed by atoms with E-state index in [1.54, 1.807) is 24.3 Å². The highest BCUT2D eigenvalue weighted by molar-refractivity contribution is 7.15. The summed E-state index contributed by atoms with van der Waals surface area (Å²) in [5.74, 6) is 0. The fourth-order valence-corrected chi connectivity index (χ4v) is 2.15. The number of alkyl halides is 3. The summed E-state index contributed by atoms with van der Waals surface area (Å²) in [6, 6.07) is 6.88. The Labute approximate surface area is 111 Å². The average molecular weight is 288 g/mol. The lowest BCUT2D eigenvalue weighted by atomic mass is 10.1. The number of aromatic nitrogens is 2. The maximum absolute atomic E-state index is 12.4. The van der Waals surface area contributed by atoms with Crippen molar-refractivity contribution < 1.29 is 13.2 Å². The van der Waals surface area contributed by atoms with Crippen molar-refractivity contribution >= 4 is 22.2 Å². The van der Waals surface area contributed by atoms with Crippen LogP contribution in [0.25, 0.3) is 0 Å². The number of anilines is 2. The maximum Gasteiger partial charge on any atom is 0.445 e. The maximum atomic E-state index is 12.4. The number of halogens is 3. The van der Waals surface area contributed by atoms with Crippen molar-refractivity contribution in [3.05, 3.63) is 34.8 Å². The lowest BCUT2D eigenvalue weighted by Crippen LogP contribution is -2.06. The van der Waals surface area contributed by atoms with Gasteiger partial charge >= 0.3 is 6.18 Å². The molecule has 0 aliphatic rings. The van der Waals surface area contributed by atoms with Gasteiger partial charge in [-0.25, -0.2) is 0 Å². The van der Waals surface area contributed by atoms with E-state index in [1.807, 2.05) is 6.92 Å². The zero-order valence-electron chi connectivity index (χ0n) is 9.90. The van der Waals surface area contributed by atoms with E-state index < -0.39 is 11.2 Å². The molecule has 2 rings (SSSR count). The van der Waals surface area contributed by atoms with Crippen LogP contribution in [-0.2, 0) is 6.18 Å². The van der Waals surface area contributed by atoms with Crippen LogP contribution in [0.4, 0.5) is 24.0 Å². The molecule has 8 heteroatoms. The lowest BCUT2D eigenvalue weighted by Gasteiger charge is -2.12. The van der Waals surface area contributed by atoms with Crippen LogP contribution < -0.4 is 11.1 Å². The summed E-state index contributed by atoms with van der Waals surface area (Å²) in [7, 11) is 0. The third-order valence-electron chi connectivity index (χ3n) is 2.44. The van der Waals surface area contributed by atoms with E-state index in [4.69, 9.17) is 5.73 Å². The monoisotopic (exact) mass is 288 g/mol. The highest BCUT2D eigenvalue weighted by Crippen LogP contribution is 2.34.